The molecule has 0 atom stereocenters. The Kier molecular flexibility index (Phi) is 5.29. The van der Waals surface area contributed by atoms with E-state index >= 15 is 0 Å². The van der Waals surface area contributed by atoms with Gasteiger partial charge in [-0.1, -0.05) is 32.0 Å². The van der Waals surface area contributed by atoms with Crippen LogP contribution in [-0.2, 0) is 10.0 Å². The van der Waals surface area contributed by atoms with Crippen molar-refractivity contribution in [2.24, 2.45) is 0 Å². The fourth-order valence-corrected chi connectivity index (χ4v) is 4.72. The first kappa shape index (κ1) is 19.1. The summed E-state index contributed by atoms with van der Waals surface area (Å²) in [6.45, 7) is 6.11. The highest BCUT2D eigenvalue weighted by Gasteiger charge is 2.24. The number of benzene rings is 2. The van der Waals surface area contributed by atoms with E-state index in [2.05, 4.69) is 15.5 Å². The minimum atomic E-state index is -3.61. The van der Waals surface area contributed by atoms with E-state index in [0.717, 1.165) is 5.39 Å². The number of carbonyl (C=O) groups excluding carboxylic acids is 1. The Balaban J connectivity index is 1.95. The van der Waals surface area contributed by atoms with E-state index in [1.165, 1.54) is 10.4 Å². The first-order chi connectivity index (χ1) is 12.9. The fourth-order valence-electron chi connectivity index (χ4n) is 3.01. The minimum Gasteiger partial charge on any atom is -0.322 e. The van der Waals surface area contributed by atoms with E-state index in [1.807, 2.05) is 6.07 Å². The standard InChI is InChI=1S/C19H22N4O3S/c1-4-23(5-2)27(25,26)17-11-15(10-9-13(17)3)21-19(24)16-8-6-7-14-12-20-22-18(14)16/h6-12H,4-5H2,1-3H3,(H,20,22)(H,21,24). The summed E-state index contributed by atoms with van der Waals surface area (Å²) >= 11 is 0. The number of aromatic nitrogens is 2. The molecule has 2 N–H and O–H groups in total. The number of aromatic amines is 1. The molecule has 1 heterocycles. The number of para-hydroxylation sites is 1. The molecule has 0 bridgehead atoms. The monoisotopic (exact) mass is 386 g/mol. The Morgan fingerprint density at radius 1 is 1.19 bits per heavy atom. The van der Waals surface area contributed by atoms with Crippen LogP contribution < -0.4 is 5.32 Å². The summed E-state index contributed by atoms with van der Waals surface area (Å²) in [6.07, 6.45) is 1.65. The summed E-state index contributed by atoms with van der Waals surface area (Å²) in [5, 5.41) is 10.4. The second-order valence-corrected chi connectivity index (χ2v) is 8.07. The lowest BCUT2D eigenvalue weighted by Gasteiger charge is -2.20. The number of amides is 1. The third-order valence-corrected chi connectivity index (χ3v) is 6.68. The van der Waals surface area contributed by atoms with Crippen molar-refractivity contribution in [3.8, 4) is 0 Å². The van der Waals surface area contributed by atoms with Gasteiger partial charge in [0, 0.05) is 24.2 Å². The van der Waals surface area contributed by atoms with Crippen molar-refractivity contribution in [2.75, 3.05) is 18.4 Å². The largest absolute Gasteiger partial charge is 0.322 e. The molecule has 0 aliphatic rings. The molecule has 0 aliphatic carbocycles. The van der Waals surface area contributed by atoms with Crippen LogP contribution in [0, 0.1) is 6.92 Å². The second kappa shape index (κ2) is 7.50. The van der Waals surface area contributed by atoms with Crippen LogP contribution in [0.4, 0.5) is 5.69 Å². The molecule has 27 heavy (non-hydrogen) atoms. The first-order valence-electron chi connectivity index (χ1n) is 8.72. The van der Waals surface area contributed by atoms with Crippen LogP contribution in [0.2, 0.25) is 0 Å². The van der Waals surface area contributed by atoms with Crippen LogP contribution in [0.3, 0.4) is 0 Å². The molecule has 142 valence electrons. The fraction of sp³-hybridized carbons (Fsp3) is 0.263. The van der Waals surface area contributed by atoms with Crippen molar-refractivity contribution >= 4 is 32.5 Å². The third-order valence-electron chi connectivity index (χ3n) is 4.49. The van der Waals surface area contributed by atoms with Gasteiger partial charge in [-0.3, -0.25) is 9.89 Å². The molecule has 3 aromatic rings. The summed E-state index contributed by atoms with van der Waals surface area (Å²) in [4.78, 5) is 12.9. The molecule has 1 aromatic heterocycles. The number of aryl methyl sites for hydroxylation is 1. The zero-order chi connectivity index (χ0) is 19.6. The molecule has 0 fully saturated rings. The van der Waals surface area contributed by atoms with Crippen LogP contribution in [0.15, 0.2) is 47.5 Å². The Hall–Kier alpha value is -2.71. The Morgan fingerprint density at radius 3 is 2.63 bits per heavy atom. The highest BCUT2D eigenvalue weighted by molar-refractivity contribution is 7.89. The molecule has 0 unspecified atom stereocenters. The summed E-state index contributed by atoms with van der Waals surface area (Å²) < 4.78 is 27.1. The van der Waals surface area contributed by atoms with E-state index < -0.39 is 10.0 Å². The van der Waals surface area contributed by atoms with Gasteiger partial charge in [0.1, 0.15) is 0 Å². The van der Waals surface area contributed by atoms with Gasteiger partial charge in [-0.05, 0) is 30.7 Å². The number of fused-ring (bicyclic) bond motifs is 1. The van der Waals surface area contributed by atoms with E-state index in [-0.39, 0.29) is 10.8 Å². The van der Waals surface area contributed by atoms with Crippen molar-refractivity contribution in [3.05, 3.63) is 53.7 Å². The Bertz CT molecular complexity index is 1090. The van der Waals surface area contributed by atoms with Crippen LogP contribution >= 0.6 is 0 Å². The number of carbonyl (C=O) groups is 1. The molecule has 0 radical (unpaired) electrons. The number of sulfonamides is 1. The number of rotatable bonds is 6. The zero-order valence-corrected chi connectivity index (χ0v) is 16.3. The topological polar surface area (TPSA) is 95.2 Å². The Morgan fingerprint density at radius 2 is 1.93 bits per heavy atom. The quantitative estimate of drug-likeness (QED) is 0.680. The average Bonchev–Trinajstić information content (AvgIpc) is 3.12. The summed E-state index contributed by atoms with van der Waals surface area (Å²) in [7, 11) is -3.61. The lowest BCUT2D eigenvalue weighted by atomic mass is 10.1. The van der Waals surface area contributed by atoms with Gasteiger partial charge in [0.25, 0.3) is 5.91 Å². The number of nitrogens with zero attached hydrogens (tertiary/aromatic N) is 2. The number of H-pyrrole nitrogens is 1. The predicted octanol–water partition coefficient (Wildman–Crippen LogP) is 3.15. The minimum absolute atomic E-state index is 0.198. The molecule has 0 saturated carbocycles. The molecule has 0 spiro atoms. The van der Waals surface area contributed by atoms with E-state index in [9.17, 15) is 13.2 Å². The molecule has 2 aromatic carbocycles. The van der Waals surface area contributed by atoms with Crippen molar-refractivity contribution in [1.82, 2.24) is 14.5 Å². The van der Waals surface area contributed by atoms with Gasteiger partial charge in [0.05, 0.1) is 22.2 Å². The van der Waals surface area contributed by atoms with Crippen molar-refractivity contribution < 1.29 is 13.2 Å². The molecule has 8 heteroatoms. The zero-order valence-electron chi connectivity index (χ0n) is 15.5. The van der Waals surface area contributed by atoms with Gasteiger partial charge in [-0.25, -0.2) is 8.42 Å². The molecule has 1 amide bonds. The van der Waals surface area contributed by atoms with Gasteiger partial charge < -0.3 is 5.32 Å². The highest BCUT2D eigenvalue weighted by Crippen LogP contribution is 2.24. The van der Waals surface area contributed by atoms with Gasteiger partial charge in [-0.15, -0.1) is 0 Å². The normalized spacial score (nSPS) is 11.9. The van der Waals surface area contributed by atoms with Crippen molar-refractivity contribution in [3.63, 3.8) is 0 Å². The Labute approximate surface area is 158 Å². The van der Waals surface area contributed by atoms with Crippen molar-refractivity contribution in [1.29, 1.82) is 0 Å². The lowest BCUT2D eigenvalue weighted by Crippen LogP contribution is -2.31. The maximum Gasteiger partial charge on any atom is 0.257 e. The number of hydrogen-bond acceptors (Lipinski definition) is 4. The third kappa shape index (κ3) is 3.58. The maximum absolute atomic E-state index is 12.9. The van der Waals surface area contributed by atoms with E-state index in [4.69, 9.17) is 0 Å². The number of hydrogen-bond donors (Lipinski definition) is 2. The van der Waals surface area contributed by atoms with Crippen LogP contribution in [0.1, 0.15) is 29.8 Å². The molecular weight excluding hydrogens is 364 g/mol. The molecular formula is C19H22N4O3S. The van der Waals surface area contributed by atoms with E-state index in [0.29, 0.717) is 35.4 Å². The smallest absolute Gasteiger partial charge is 0.257 e. The van der Waals surface area contributed by atoms with E-state index in [1.54, 1.807) is 51.2 Å². The summed E-state index contributed by atoms with van der Waals surface area (Å²) in [5.74, 6) is -0.333. The van der Waals surface area contributed by atoms with Crippen molar-refractivity contribution in [2.45, 2.75) is 25.7 Å². The average molecular weight is 386 g/mol. The van der Waals surface area contributed by atoms with Crippen LogP contribution in [-0.4, -0.2) is 41.9 Å². The predicted molar refractivity (Wildman–Crippen MR) is 105 cm³/mol. The molecule has 7 nitrogen and oxygen atoms in total. The lowest BCUT2D eigenvalue weighted by molar-refractivity contribution is 0.102. The molecule has 3 rings (SSSR count). The SMILES string of the molecule is CCN(CC)S(=O)(=O)c1cc(NC(=O)c2cccc3cn[nH]c23)ccc1C. The molecule has 0 aliphatic heterocycles. The first-order valence-corrected chi connectivity index (χ1v) is 10.2. The van der Waals surface area contributed by atoms with Crippen LogP contribution in [0.25, 0.3) is 10.9 Å². The second-order valence-electron chi connectivity index (χ2n) is 6.16. The van der Waals surface area contributed by atoms with Gasteiger partial charge in [0.2, 0.25) is 10.0 Å². The maximum atomic E-state index is 12.9. The number of nitrogens with one attached hydrogen (secondary N) is 2. The van der Waals surface area contributed by atoms with Crippen LogP contribution in [0.5, 0.6) is 0 Å². The highest BCUT2D eigenvalue weighted by atomic mass is 32.2. The van der Waals surface area contributed by atoms with Gasteiger partial charge >= 0.3 is 0 Å². The van der Waals surface area contributed by atoms with Gasteiger partial charge in [0.15, 0.2) is 0 Å². The number of anilines is 1. The molecule has 0 saturated heterocycles. The van der Waals surface area contributed by atoms with Gasteiger partial charge in [-0.2, -0.15) is 9.40 Å². The summed E-state index contributed by atoms with van der Waals surface area (Å²) in [5.41, 5.74) is 2.14. The summed E-state index contributed by atoms with van der Waals surface area (Å²) in [6, 6.07) is 10.2.